The molecule has 1 fully saturated rings. The van der Waals surface area contributed by atoms with Crippen molar-refractivity contribution in [1.29, 1.82) is 0 Å². The van der Waals surface area contributed by atoms with Gasteiger partial charge in [-0.05, 0) is 18.6 Å². The molecule has 1 saturated heterocycles. The van der Waals surface area contributed by atoms with Crippen molar-refractivity contribution < 1.29 is 9.72 Å². The number of nitro benzene ring substituents is 1. The lowest BCUT2D eigenvalue weighted by atomic mass is 10.1. The maximum Gasteiger partial charge on any atom is 0.316 e. The van der Waals surface area contributed by atoms with Crippen LogP contribution in [-0.4, -0.2) is 23.9 Å². The van der Waals surface area contributed by atoms with Gasteiger partial charge in [-0.1, -0.05) is 6.07 Å². The summed E-state index contributed by atoms with van der Waals surface area (Å²) in [4.78, 5) is 23.6. The van der Waals surface area contributed by atoms with Crippen LogP contribution in [0.25, 0.3) is 0 Å². The maximum atomic E-state index is 11.2. The van der Waals surface area contributed by atoms with Gasteiger partial charge in [0.2, 0.25) is 5.91 Å². The van der Waals surface area contributed by atoms with E-state index in [0.717, 1.165) is 0 Å². The Balaban J connectivity index is 2.35. The number of para-hydroxylation sites is 1. The maximum absolute atomic E-state index is 11.2. The minimum Gasteiger partial charge on any atom is -0.369 e. The van der Waals surface area contributed by atoms with Crippen molar-refractivity contribution in [3.8, 4) is 0 Å². The Morgan fingerprint density at radius 1 is 1.53 bits per heavy atom. The number of primary amides is 1. The van der Waals surface area contributed by atoms with Crippen LogP contribution in [0.15, 0.2) is 18.2 Å². The Morgan fingerprint density at radius 3 is 2.79 bits per heavy atom. The third kappa shape index (κ3) is 2.43. The molecule has 19 heavy (non-hydrogen) atoms. The van der Waals surface area contributed by atoms with Gasteiger partial charge in [0.1, 0.15) is 11.4 Å². The third-order valence-electron chi connectivity index (χ3n) is 3.28. The highest BCUT2D eigenvalue weighted by molar-refractivity contribution is 5.81. The number of nitrogens with two attached hydrogens (primary N) is 2. The van der Waals surface area contributed by atoms with E-state index in [1.54, 1.807) is 17.0 Å². The number of nitro groups is 1. The molecule has 0 aliphatic carbocycles. The molecule has 1 aromatic rings. The molecule has 5 N–H and O–H groups in total. The number of nitrogens with zero attached hydrogens (tertiary/aromatic N) is 2. The first kappa shape index (κ1) is 13.1. The minimum atomic E-state index is -0.484. The molecule has 1 heterocycles. The first-order chi connectivity index (χ1) is 9.04. The van der Waals surface area contributed by atoms with E-state index in [9.17, 15) is 14.9 Å². The second kappa shape index (κ2) is 5.11. The van der Waals surface area contributed by atoms with Crippen LogP contribution in [0.2, 0.25) is 0 Å². The number of hydrogen-bond donors (Lipinski definition) is 3. The number of amides is 1. The summed E-state index contributed by atoms with van der Waals surface area (Å²) in [6.45, 7) is 0.951. The molecule has 8 heteroatoms. The van der Waals surface area contributed by atoms with Crippen LogP contribution in [-0.2, 0) is 4.79 Å². The summed E-state index contributed by atoms with van der Waals surface area (Å²) in [6.07, 6.45) is 0.604. The Hall–Kier alpha value is -2.35. The zero-order valence-corrected chi connectivity index (χ0v) is 10.2. The molecule has 0 bridgehead atoms. The molecule has 1 unspecified atom stereocenters. The lowest BCUT2D eigenvalue weighted by molar-refractivity contribution is -0.383. The molecule has 8 nitrogen and oxygen atoms in total. The number of hydrogen-bond acceptors (Lipinski definition) is 6. The minimum absolute atomic E-state index is 0.0879. The second-order valence-electron chi connectivity index (χ2n) is 4.41. The first-order valence-electron chi connectivity index (χ1n) is 5.83. The smallest absolute Gasteiger partial charge is 0.316 e. The second-order valence-corrected chi connectivity index (χ2v) is 4.41. The van der Waals surface area contributed by atoms with E-state index in [-0.39, 0.29) is 23.2 Å². The van der Waals surface area contributed by atoms with Crippen LogP contribution in [0, 0.1) is 16.0 Å². The van der Waals surface area contributed by atoms with E-state index < -0.39 is 4.92 Å². The number of benzene rings is 1. The summed E-state index contributed by atoms with van der Waals surface area (Å²) in [5.74, 6) is 4.64. The molecule has 102 valence electrons. The zero-order chi connectivity index (χ0) is 14.0. The van der Waals surface area contributed by atoms with E-state index in [4.69, 9.17) is 11.6 Å². The summed E-state index contributed by atoms with van der Waals surface area (Å²) in [5.41, 5.74) is 8.18. The quantitative estimate of drug-likeness (QED) is 0.405. The average molecular weight is 265 g/mol. The van der Waals surface area contributed by atoms with Gasteiger partial charge in [0, 0.05) is 13.1 Å². The Bertz CT molecular complexity index is 519. The molecule has 2 rings (SSSR count). The van der Waals surface area contributed by atoms with Crippen LogP contribution in [0.1, 0.15) is 6.42 Å². The van der Waals surface area contributed by atoms with Crippen LogP contribution in [0.5, 0.6) is 0 Å². The van der Waals surface area contributed by atoms with Crippen LogP contribution in [0.4, 0.5) is 17.1 Å². The predicted octanol–water partition coefficient (Wildman–Crippen LogP) is 0.192. The monoisotopic (exact) mass is 265 g/mol. The van der Waals surface area contributed by atoms with E-state index >= 15 is 0 Å². The Morgan fingerprint density at radius 2 is 2.26 bits per heavy atom. The fourth-order valence-corrected chi connectivity index (χ4v) is 2.31. The van der Waals surface area contributed by atoms with Crippen molar-refractivity contribution in [3.63, 3.8) is 0 Å². The highest BCUT2D eigenvalue weighted by Gasteiger charge is 2.31. The van der Waals surface area contributed by atoms with Gasteiger partial charge in [-0.3, -0.25) is 20.8 Å². The number of nitrogens with one attached hydrogen (secondary N) is 1. The molecule has 0 spiro atoms. The average Bonchev–Trinajstić information content (AvgIpc) is 2.87. The molecule has 0 saturated carbocycles. The van der Waals surface area contributed by atoms with Gasteiger partial charge >= 0.3 is 5.69 Å². The van der Waals surface area contributed by atoms with Crippen molar-refractivity contribution >= 4 is 23.0 Å². The SMILES string of the molecule is NNc1cccc(N2CCC(C(N)=O)C2)c1[N+](=O)[O-]. The number of rotatable bonds is 4. The van der Waals surface area contributed by atoms with Gasteiger partial charge in [0.25, 0.3) is 0 Å². The van der Waals surface area contributed by atoms with Gasteiger partial charge < -0.3 is 16.1 Å². The number of carbonyl (C=O) groups excluding carboxylic acids is 1. The lowest BCUT2D eigenvalue weighted by Crippen LogP contribution is -2.27. The number of carbonyl (C=O) groups is 1. The predicted molar refractivity (Wildman–Crippen MR) is 70.4 cm³/mol. The highest BCUT2D eigenvalue weighted by atomic mass is 16.6. The molecule has 0 aromatic heterocycles. The third-order valence-corrected chi connectivity index (χ3v) is 3.28. The van der Waals surface area contributed by atoms with Crippen LogP contribution >= 0.6 is 0 Å². The van der Waals surface area contributed by atoms with E-state index in [0.29, 0.717) is 25.2 Å². The van der Waals surface area contributed by atoms with Crippen molar-refractivity contribution in [3.05, 3.63) is 28.3 Å². The first-order valence-corrected chi connectivity index (χ1v) is 5.83. The fourth-order valence-electron chi connectivity index (χ4n) is 2.31. The van der Waals surface area contributed by atoms with Gasteiger partial charge in [-0.25, -0.2) is 0 Å². The summed E-state index contributed by atoms with van der Waals surface area (Å²) >= 11 is 0. The Labute approximate surface area is 109 Å². The van der Waals surface area contributed by atoms with Crippen molar-refractivity contribution in [2.45, 2.75) is 6.42 Å². The highest BCUT2D eigenvalue weighted by Crippen LogP contribution is 2.37. The van der Waals surface area contributed by atoms with Gasteiger partial charge in [-0.2, -0.15) is 0 Å². The normalized spacial score (nSPS) is 18.4. The van der Waals surface area contributed by atoms with E-state index in [2.05, 4.69) is 5.43 Å². The molecule has 1 atom stereocenters. The molecular formula is C11H15N5O3. The summed E-state index contributed by atoms with van der Waals surface area (Å²) in [6, 6.07) is 4.85. The molecule has 1 amide bonds. The standard InChI is InChI=1S/C11H15N5O3/c12-11(17)7-4-5-15(6-7)9-3-1-2-8(14-13)10(9)16(18)19/h1-3,7,14H,4-6,13H2,(H2,12,17). The molecule has 1 aliphatic heterocycles. The summed E-state index contributed by atoms with van der Waals surface area (Å²) in [7, 11) is 0. The summed E-state index contributed by atoms with van der Waals surface area (Å²) < 4.78 is 0. The van der Waals surface area contributed by atoms with Crippen molar-refractivity contribution in [1.82, 2.24) is 0 Å². The molecule has 0 radical (unpaired) electrons. The summed E-state index contributed by atoms with van der Waals surface area (Å²) in [5, 5.41) is 11.2. The van der Waals surface area contributed by atoms with Gasteiger partial charge in [0.15, 0.2) is 0 Å². The number of anilines is 2. The topological polar surface area (TPSA) is 128 Å². The van der Waals surface area contributed by atoms with Crippen LogP contribution < -0.4 is 21.9 Å². The molecule has 1 aromatic carbocycles. The molecule has 1 aliphatic rings. The van der Waals surface area contributed by atoms with Crippen molar-refractivity contribution in [2.24, 2.45) is 17.5 Å². The zero-order valence-electron chi connectivity index (χ0n) is 10.2. The fraction of sp³-hybridized carbons (Fsp3) is 0.364. The van der Waals surface area contributed by atoms with E-state index in [1.165, 1.54) is 6.07 Å². The number of hydrazine groups is 1. The van der Waals surface area contributed by atoms with Crippen LogP contribution in [0.3, 0.4) is 0 Å². The van der Waals surface area contributed by atoms with E-state index in [1.807, 2.05) is 0 Å². The molecular weight excluding hydrogens is 250 g/mol. The largest absolute Gasteiger partial charge is 0.369 e. The van der Waals surface area contributed by atoms with Gasteiger partial charge in [-0.15, -0.1) is 0 Å². The Kier molecular flexibility index (Phi) is 3.52. The van der Waals surface area contributed by atoms with Gasteiger partial charge in [0.05, 0.1) is 10.8 Å². The lowest BCUT2D eigenvalue weighted by Gasteiger charge is -2.19. The van der Waals surface area contributed by atoms with Crippen molar-refractivity contribution in [2.75, 3.05) is 23.4 Å². The number of nitrogen functional groups attached to an aromatic ring is 1.